The van der Waals surface area contributed by atoms with Crippen LogP contribution in [0.2, 0.25) is 0 Å². The minimum absolute atomic E-state index is 0.209. The molecule has 3 aromatic rings. The average molecular weight is 387 g/mol. The third-order valence-electron chi connectivity index (χ3n) is 3.88. The molecule has 0 spiro atoms. The molecule has 0 saturated carbocycles. The van der Waals surface area contributed by atoms with E-state index in [1.807, 2.05) is 62.0 Å². The fourth-order valence-corrected chi connectivity index (χ4v) is 3.28. The molecule has 6 nitrogen and oxygen atoms in total. The molecule has 7 heteroatoms. The van der Waals surface area contributed by atoms with Crippen LogP contribution in [0.4, 0.5) is 5.69 Å². The lowest BCUT2D eigenvalue weighted by atomic mass is 10.1. The van der Waals surface area contributed by atoms with Gasteiger partial charge in [0.15, 0.2) is 0 Å². The minimum Gasteiger partial charge on any atom is -0.380 e. The van der Waals surface area contributed by atoms with Crippen LogP contribution in [0, 0.1) is 0 Å². The molecule has 0 radical (unpaired) electrons. The van der Waals surface area contributed by atoms with E-state index in [0.29, 0.717) is 12.2 Å². The molecule has 0 aliphatic heterocycles. The number of rotatable bonds is 6. The molecule has 0 aliphatic rings. The van der Waals surface area contributed by atoms with E-state index in [0.717, 1.165) is 16.8 Å². The zero-order valence-electron chi connectivity index (χ0n) is 16.1. The summed E-state index contributed by atoms with van der Waals surface area (Å²) >= 11 is 0. The molecule has 3 rings (SSSR count). The summed E-state index contributed by atoms with van der Waals surface area (Å²) in [7, 11) is -0.241. The first-order chi connectivity index (χ1) is 13.0. The van der Waals surface area contributed by atoms with E-state index in [1.165, 1.54) is 7.05 Å². The highest BCUT2D eigenvalue weighted by molar-refractivity contribution is 7.89. The maximum atomic E-state index is 12.1. The van der Waals surface area contributed by atoms with Crippen LogP contribution >= 0.6 is 0 Å². The van der Waals surface area contributed by atoms with Crippen molar-refractivity contribution in [1.29, 1.82) is 0 Å². The second-order valence-electron chi connectivity index (χ2n) is 5.68. The zero-order chi connectivity index (χ0) is 19.9. The SMILES string of the molecule is CC.CNS(=O)(=O)c1ccc(NCc2ccccc2)c(-c2cn(C)cn2)c1. The molecule has 1 heterocycles. The van der Waals surface area contributed by atoms with Crippen molar-refractivity contribution in [2.45, 2.75) is 25.3 Å². The van der Waals surface area contributed by atoms with Crippen LogP contribution in [-0.2, 0) is 23.6 Å². The van der Waals surface area contributed by atoms with Crippen LogP contribution in [0.3, 0.4) is 0 Å². The van der Waals surface area contributed by atoms with Crippen molar-refractivity contribution < 1.29 is 8.42 Å². The molecule has 0 amide bonds. The molecule has 1 aromatic heterocycles. The van der Waals surface area contributed by atoms with Crippen LogP contribution in [0.1, 0.15) is 19.4 Å². The molecule has 144 valence electrons. The van der Waals surface area contributed by atoms with Crippen molar-refractivity contribution in [3.8, 4) is 11.3 Å². The van der Waals surface area contributed by atoms with E-state index < -0.39 is 10.0 Å². The molecular weight excluding hydrogens is 360 g/mol. The number of nitrogens with zero attached hydrogens (tertiary/aromatic N) is 2. The molecule has 27 heavy (non-hydrogen) atoms. The third-order valence-corrected chi connectivity index (χ3v) is 5.29. The fourth-order valence-electron chi connectivity index (χ4n) is 2.52. The highest BCUT2D eigenvalue weighted by Gasteiger charge is 2.16. The Kier molecular flexibility index (Phi) is 7.15. The lowest BCUT2D eigenvalue weighted by molar-refractivity contribution is 0.588. The number of benzene rings is 2. The van der Waals surface area contributed by atoms with Gasteiger partial charge in [-0.05, 0) is 30.8 Å². The van der Waals surface area contributed by atoms with E-state index in [2.05, 4.69) is 15.0 Å². The van der Waals surface area contributed by atoms with Crippen LogP contribution < -0.4 is 10.0 Å². The van der Waals surface area contributed by atoms with Gasteiger partial charge in [0.2, 0.25) is 10.0 Å². The number of nitrogens with one attached hydrogen (secondary N) is 2. The smallest absolute Gasteiger partial charge is 0.240 e. The summed E-state index contributed by atoms with van der Waals surface area (Å²) in [5, 5.41) is 3.37. The fraction of sp³-hybridized carbons (Fsp3) is 0.250. The van der Waals surface area contributed by atoms with Crippen molar-refractivity contribution in [3.05, 3.63) is 66.6 Å². The quantitative estimate of drug-likeness (QED) is 0.678. The lowest BCUT2D eigenvalue weighted by Gasteiger charge is -2.13. The van der Waals surface area contributed by atoms with Gasteiger partial charge in [-0.3, -0.25) is 0 Å². The van der Waals surface area contributed by atoms with Crippen LogP contribution in [0.5, 0.6) is 0 Å². The standard InChI is InChI=1S/C18H20N4O2S.C2H6/c1-19-25(23,24)15-8-9-17(20-11-14-6-4-3-5-7-14)16(10-15)18-12-22(2)13-21-18;1-2/h3-10,12-13,19-20H,11H2,1-2H3;1-2H3. The first-order valence-corrected chi connectivity index (χ1v) is 10.3. The molecule has 0 aliphatic carbocycles. The highest BCUT2D eigenvalue weighted by atomic mass is 32.2. The predicted octanol–water partition coefficient (Wildman–Crippen LogP) is 3.63. The van der Waals surface area contributed by atoms with Gasteiger partial charge in [-0.2, -0.15) is 0 Å². The number of imidazole rings is 1. The Bertz CT molecular complexity index is 967. The van der Waals surface area contributed by atoms with E-state index >= 15 is 0 Å². The Morgan fingerprint density at radius 3 is 2.37 bits per heavy atom. The Hall–Kier alpha value is -2.64. The highest BCUT2D eigenvalue weighted by Crippen LogP contribution is 2.29. The summed E-state index contributed by atoms with van der Waals surface area (Å²) in [5.74, 6) is 0. The topological polar surface area (TPSA) is 76.0 Å². The van der Waals surface area contributed by atoms with Gasteiger partial charge in [0.05, 0.1) is 16.9 Å². The van der Waals surface area contributed by atoms with Crippen molar-refractivity contribution in [2.24, 2.45) is 7.05 Å². The normalized spacial score (nSPS) is 10.8. The lowest BCUT2D eigenvalue weighted by Crippen LogP contribution is -2.18. The average Bonchev–Trinajstić information content (AvgIpc) is 3.14. The number of sulfonamides is 1. The van der Waals surface area contributed by atoms with Gasteiger partial charge in [0.1, 0.15) is 0 Å². The summed E-state index contributed by atoms with van der Waals surface area (Å²) in [4.78, 5) is 4.57. The summed E-state index contributed by atoms with van der Waals surface area (Å²) < 4.78 is 28.4. The first kappa shape index (κ1) is 20.7. The largest absolute Gasteiger partial charge is 0.380 e. The van der Waals surface area contributed by atoms with Gasteiger partial charge in [-0.15, -0.1) is 0 Å². The van der Waals surface area contributed by atoms with Gasteiger partial charge in [0.25, 0.3) is 0 Å². The van der Waals surface area contributed by atoms with E-state index in [1.54, 1.807) is 24.5 Å². The molecule has 2 aromatic carbocycles. The maximum Gasteiger partial charge on any atom is 0.240 e. The van der Waals surface area contributed by atoms with Gasteiger partial charge in [-0.1, -0.05) is 44.2 Å². The van der Waals surface area contributed by atoms with Crippen LogP contribution in [0.15, 0.2) is 66.0 Å². The van der Waals surface area contributed by atoms with E-state index in [4.69, 9.17) is 0 Å². The van der Waals surface area contributed by atoms with Gasteiger partial charge in [-0.25, -0.2) is 18.1 Å². The number of anilines is 1. The van der Waals surface area contributed by atoms with Gasteiger partial charge < -0.3 is 9.88 Å². The van der Waals surface area contributed by atoms with E-state index in [9.17, 15) is 8.42 Å². The predicted molar refractivity (Wildman–Crippen MR) is 110 cm³/mol. The summed E-state index contributed by atoms with van der Waals surface area (Å²) in [5.41, 5.74) is 3.43. The number of aryl methyl sites for hydroxylation is 1. The molecule has 2 N–H and O–H groups in total. The maximum absolute atomic E-state index is 12.1. The Labute approximate surface area is 161 Å². The zero-order valence-corrected chi connectivity index (χ0v) is 16.9. The summed E-state index contributed by atoms with van der Waals surface area (Å²) in [6, 6.07) is 15.0. The molecule has 0 saturated heterocycles. The second kappa shape index (κ2) is 9.34. The number of aromatic nitrogens is 2. The monoisotopic (exact) mass is 386 g/mol. The number of hydrogen-bond donors (Lipinski definition) is 2. The van der Waals surface area contributed by atoms with Crippen molar-refractivity contribution >= 4 is 15.7 Å². The molecule has 0 unspecified atom stereocenters. The van der Waals surface area contributed by atoms with Gasteiger partial charge in [0, 0.05) is 31.0 Å². The first-order valence-electron chi connectivity index (χ1n) is 8.83. The van der Waals surface area contributed by atoms with Crippen molar-refractivity contribution in [1.82, 2.24) is 14.3 Å². The molecular formula is C20H26N4O2S. The molecule has 0 atom stereocenters. The van der Waals surface area contributed by atoms with Gasteiger partial charge >= 0.3 is 0 Å². The summed E-state index contributed by atoms with van der Waals surface area (Å²) in [6.07, 6.45) is 3.55. The Balaban J connectivity index is 0.00000126. The Morgan fingerprint density at radius 2 is 1.78 bits per heavy atom. The Morgan fingerprint density at radius 1 is 1.07 bits per heavy atom. The van der Waals surface area contributed by atoms with Crippen molar-refractivity contribution in [3.63, 3.8) is 0 Å². The molecule has 0 bridgehead atoms. The second-order valence-corrected chi connectivity index (χ2v) is 7.57. The molecule has 0 fully saturated rings. The number of hydrogen-bond acceptors (Lipinski definition) is 4. The minimum atomic E-state index is -3.52. The van der Waals surface area contributed by atoms with Crippen molar-refractivity contribution in [2.75, 3.05) is 12.4 Å². The summed E-state index contributed by atoms with van der Waals surface area (Å²) in [6.45, 7) is 4.64. The van der Waals surface area contributed by atoms with Crippen LogP contribution in [0.25, 0.3) is 11.3 Å². The van der Waals surface area contributed by atoms with E-state index in [-0.39, 0.29) is 4.90 Å². The van der Waals surface area contributed by atoms with Crippen LogP contribution in [-0.4, -0.2) is 25.0 Å². The third kappa shape index (κ3) is 5.18.